The van der Waals surface area contributed by atoms with Crippen LogP contribution in [0.2, 0.25) is 0 Å². The summed E-state index contributed by atoms with van der Waals surface area (Å²) in [5, 5.41) is 13.5. The SMILES string of the molecule is [N-]=C=O.[N-]=C=O.c1ccccc1.c1ccccc1. The number of hydrogen-bond donors (Lipinski definition) is 0. The van der Waals surface area contributed by atoms with Crippen molar-refractivity contribution in [1.29, 1.82) is 0 Å². The highest BCUT2D eigenvalue weighted by molar-refractivity contribution is 5.37. The minimum absolute atomic E-state index is 0.500. The van der Waals surface area contributed by atoms with Crippen LogP contribution in [0.25, 0.3) is 10.8 Å². The summed E-state index contributed by atoms with van der Waals surface area (Å²) in [6.45, 7) is 0. The normalized spacial score (nSPS) is 6.22. The van der Waals surface area contributed by atoms with Gasteiger partial charge in [-0.05, 0) is 12.2 Å². The zero-order valence-electron chi connectivity index (χ0n) is 9.64. The predicted octanol–water partition coefficient (Wildman–Crippen LogP) is 3.16. The van der Waals surface area contributed by atoms with E-state index >= 15 is 0 Å². The van der Waals surface area contributed by atoms with Gasteiger partial charge in [-0.25, -0.2) is 0 Å². The Morgan fingerprint density at radius 2 is 0.500 bits per heavy atom. The second-order valence-corrected chi connectivity index (χ2v) is 2.49. The van der Waals surface area contributed by atoms with Gasteiger partial charge >= 0.3 is 0 Å². The minimum Gasteiger partial charge on any atom is -0.724 e. The van der Waals surface area contributed by atoms with Crippen molar-refractivity contribution >= 4 is 12.2 Å². The van der Waals surface area contributed by atoms with Gasteiger partial charge in [0.25, 0.3) is 0 Å². The van der Waals surface area contributed by atoms with Gasteiger partial charge in [-0.3, -0.25) is 9.59 Å². The van der Waals surface area contributed by atoms with E-state index in [1.54, 1.807) is 0 Å². The van der Waals surface area contributed by atoms with Crippen LogP contribution >= 0.6 is 0 Å². The van der Waals surface area contributed by atoms with E-state index in [0.29, 0.717) is 12.2 Å². The van der Waals surface area contributed by atoms with Gasteiger partial charge in [0.15, 0.2) is 0 Å². The average molecular weight is 240 g/mol. The van der Waals surface area contributed by atoms with Gasteiger partial charge < -0.3 is 10.8 Å². The molecule has 0 atom stereocenters. The Balaban J connectivity index is 0. The van der Waals surface area contributed by atoms with E-state index in [0.717, 1.165) is 0 Å². The van der Waals surface area contributed by atoms with Gasteiger partial charge in [-0.15, -0.1) is 0 Å². The van der Waals surface area contributed by atoms with Crippen molar-refractivity contribution in [3.8, 4) is 0 Å². The first-order valence-corrected chi connectivity index (χ1v) is 4.86. The van der Waals surface area contributed by atoms with Crippen molar-refractivity contribution < 1.29 is 9.59 Å². The van der Waals surface area contributed by atoms with Crippen molar-refractivity contribution in [1.82, 2.24) is 0 Å². The van der Waals surface area contributed by atoms with Gasteiger partial charge in [-0.2, -0.15) is 0 Å². The van der Waals surface area contributed by atoms with Crippen LogP contribution in [0.15, 0.2) is 72.8 Å². The first-order chi connectivity index (χ1) is 8.83. The van der Waals surface area contributed by atoms with Crippen molar-refractivity contribution in [3.05, 3.63) is 83.6 Å². The zero-order valence-corrected chi connectivity index (χ0v) is 9.64. The number of isocyanates is 2. The van der Waals surface area contributed by atoms with E-state index in [1.165, 1.54) is 0 Å². The lowest BCUT2D eigenvalue weighted by molar-refractivity contribution is 0.568. The van der Waals surface area contributed by atoms with Crippen LogP contribution in [0.1, 0.15) is 0 Å². The lowest BCUT2D eigenvalue weighted by Crippen LogP contribution is -1.47. The molecule has 0 aliphatic carbocycles. The number of hydrogen-bond acceptors (Lipinski definition) is 2. The van der Waals surface area contributed by atoms with Crippen LogP contribution in [-0.4, -0.2) is 12.2 Å². The van der Waals surface area contributed by atoms with Crippen LogP contribution in [0, 0.1) is 0 Å². The molecule has 4 nitrogen and oxygen atoms in total. The molecule has 0 saturated heterocycles. The number of nitrogens with zero attached hydrogens (tertiary/aromatic N) is 2. The highest BCUT2D eigenvalue weighted by atomic mass is 16.1. The lowest BCUT2D eigenvalue weighted by Gasteiger charge is -1.69. The van der Waals surface area contributed by atoms with E-state index in [4.69, 9.17) is 20.4 Å². The van der Waals surface area contributed by atoms with Crippen LogP contribution in [0.3, 0.4) is 0 Å². The molecule has 0 fully saturated rings. The maximum atomic E-state index is 8.24. The molecule has 0 bridgehead atoms. The van der Waals surface area contributed by atoms with Gasteiger partial charge in [-0.1, -0.05) is 72.8 Å². The van der Waals surface area contributed by atoms with Gasteiger partial charge in [0.2, 0.25) is 0 Å². The van der Waals surface area contributed by atoms with Gasteiger partial charge in [0, 0.05) is 0 Å². The molecule has 0 N–H and O–H groups in total. The highest BCUT2D eigenvalue weighted by Gasteiger charge is 1.58. The maximum Gasteiger partial charge on any atom is -0.0159 e. The second kappa shape index (κ2) is 19.7. The molecule has 2 aromatic rings. The third-order valence-corrected chi connectivity index (χ3v) is 1.33. The van der Waals surface area contributed by atoms with Crippen molar-refractivity contribution in [2.75, 3.05) is 0 Å². The summed E-state index contributed by atoms with van der Waals surface area (Å²) in [6.07, 6.45) is 1.00. The Kier molecular flexibility index (Phi) is 19.3. The van der Waals surface area contributed by atoms with E-state index in [-0.39, 0.29) is 0 Å². The van der Waals surface area contributed by atoms with Crippen LogP contribution in [-0.2, 0) is 9.59 Å². The highest BCUT2D eigenvalue weighted by Crippen LogP contribution is 1.80. The Morgan fingerprint density at radius 1 is 0.444 bits per heavy atom. The molecule has 18 heavy (non-hydrogen) atoms. The fourth-order valence-electron chi connectivity index (χ4n) is 0.770. The first-order valence-electron chi connectivity index (χ1n) is 4.86. The van der Waals surface area contributed by atoms with E-state index in [9.17, 15) is 0 Å². The predicted molar refractivity (Wildman–Crippen MR) is 71.0 cm³/mol. The van der Waals surface area contributed by atoms with Crippen molar-refractivity contribution in [3.63, 3.8) is 0 Å². The fraction of sp³-hybridized carbons (Fsp3) is 0. The fourth-order valence-corrected chi connectivity index (χ4v) is 0.770. The molecule has 0 saturated carbocycles. The molecule has 4 heteroatoms. The Morgan fingerprint density at radius 3 is 0.556 bits per heavy atom. The van der Waals surface area contributed by atoms with Gasteiger partial charge in [0.1, 0.15) is 0 Å². The van der Waals surface area contributed by atoms with E-state index in [2.05, 4.69) is 0 Å². The zero-order chi connectivity index (χ0) is 13.9. The summed E-state index contributed by atoms with van der Waals surface area (Å²) < 4.78 is 0. The lowest BCUT2D eigenvalue weighted by atomic mass is 10.4. The molecular weight excluding hydrogens is 228 g/mol. The molecule has 0 amide bonds. The Hall–Kier alpha value is -2.80. The van der Waals surface area contributed by atoms with E-state index < -0.39 is 0 Å². The minimum atomic E-state index is 0.500. The smallest absolute Gasteiger partial charge is 0.0159 e. The topological polar surface area (TPSA) is 78.7 Å². The van der Waals surface area contributed by atoms with Crippen LogP contribution in [0.5, 0.6) is 0 Å². The third kappa shape index (κ3) is 23.2. The summed E-state index contributed by atoms with van der Waals surface area (Å²) in [5.41, 5.74) is 0. The summed E-state index contributed by atoms with van der Waals surface area (Å²) >= 11 is 0. The molecular formula is C14H12N2O2-2. The summed E-state index contributed by atoms with van der Waals surface area (Å²) in [7, 11) is 0. The third-order valence-electron chi connectivity index (χ3n) is 1.33. The maximum absolute atomic E-state index is 8.24. The number of carbonyl (C=O) groups excluding carboxylic acids is 2. The molecule has 0 heterocycles. The molecule has 2 aromatic carbocycles. The largest absolute Gasteiger partial charge is 0.724 e. The molecule has 0 aliphatic heterocycles. The molecule has 92 valence electrons. The molecule has 2 rings (SSSR count). The Labute approximate surface area is 106 Å². The molecule has 0 aromatic heterocycles. The summed E-state index contributed by atoms with van der Waals surface area (Å²) in [6, 6.07) is 24.0. The molecule has 0 spiro atoms. The van der Waals surface area contributed by atoms with Gasteiger partial charge in [0.05, 0.1) is 0 Å². The number of benzene rings is 2. The van der Waals surface area contributed by atoms with Crippen LogP contribution in [0.4, 0.5) is 0 Å². The van der Waals surface area contributed by atoms with Crippen LogP contribution < -0.4 is 0 Å². The van der Waals surface area contributed by atoms with Crippen molar-refractivity contribution in [2.45, 2.75) is 0 Å². The molecule has 0 unspecified atom stereocenters. The quantitative estimate of drug-likeness (QED) is 0.523. The van der Waals surface area contributed by atoms with Crippen molar-refractivity contribution in [2.24, 2.45) is 0 Å². The first kappa shape index (κ1) is 17.6. The monoisotopic (exact) mass is 240 g/mol. The number of rotatable bonds is 0. The van der Waals surface area contributed by atoms with E-state index in [1.807, 2.05) is 72.8 Å². The molecule has 0 radical (unpaired) electrons. The summed E-state index contributed by atoms with van der Waals surface area (Å²) in [4.78, 5) is 16.5. The summed E-state index contributed by atoms with van der Waals surface area (Å²) in [5.74, 6) is 0. The second-order valence-electron chi connectivity index (χ2n) is 2.49. The average Bonchev–Trinajstić information content (AvgIpc) is 2.45. The Bertz CT molecular complexity index is 321. The standard InChI is InChI=1S/2C6H6.2CNO/c2*1-2-4-6-5-3-1;2*2-1-3/h2*1-6H;;/q;;2*-1. The molecule has 0 aliphatic rings.